The topological polar surface area (TPSA) is 60.8 Å². The third-order valence-electron chi connectivity index (χ3n) is 0.887. The van der Waals surface area contributed by atoms with Crippen molar-refractivity contribution in [2.24, 2.45) is 5.41 Å². The molecular formula is C5H8NO2. The lowest BCUT2D eigenvalue weighted by Gasteiger charge is -2.07. The first-order valence-corrected chi connectivity index (χ1v) is 2.24. The highest BCUT2D eigenvalue weighted by molar-refractivity contribution is 5.91. The fourth-order valence-electron chi connectivity index (χ4n) is 0.0589. The van der Waals surface area contributed by atoms with Gasteiger partial charge >= 0.3 is 5.97 Å². The highest BCUT2D eigenvalue weighted by atomic mass is 16.4. The Hall–Kier alpha value is -0.860. The monoisotopic (exact) mass is 114 g/mol. The molecule has 0 aromatic heterocycles. The molecule has 1 radical (unpaired) electrons. The van der Waals surface area contributed by atoms with Crippen molar-refractivity contribution >= 4 is 12.2 Å². The van der Waals surface area contributed by atoms with Crippen LogP contribution in [0.5, 0.6) is 0 Å². The number of rotatable bonds is 2. The molecule has 3 nitrogen and oxygen atoms in total. The minimum Gasteiger partial charge on any atom is -0.312 e. The van der Waals surface area contributed by atoms with Crippen LogP contribution in [0.4, 0.5) is 0 Å². The zero-order valence-corrected chi connectivity index (χ0v) is 4.89. The van der Waals surface area contributed by atoms with Crippen molar-refractivity contribution in [3.05, 3.63) is 0 Å². The molecule has 0 saturated heterocycles. The number of hydrogen-bond acceptors (Lipinski definition) is 2. The molecule has 0 heterocycles. The molecule has 0 unspecified atom stereocenters. The van der Waals surface area contributed by atoms with Gasteiger partial charge in [-0.1, -0.05) is 0 Å². The van der Waals surface area contributed by atoms with Gasteiger partial charge in [-0.15, -0.1) is 0 Å². The van der Waals surface area contributed by atoms with Gasteiger partial charge in [-0.2, -0.15) is 0 Å². The minimum absolute atomic E-state index is 0.850. The van der Waals surface area contributed by atoms with Crippen LogP contribution in [0.1, 0.15) is 13.8 Å². The quantitative estimate of drug-likeness (QED) is 0.525. The van der Waals surface area contributed by atoms with Crippen LogP contribution in [0.15, 0.2) is 0 Å². The van der Waals surface area contributed by atoms with Crippen molar-refractivity contribution in [1.82, 2.24) is 0 Å². The molecule has 0 rings (SSSR count). The van der Waals surface area contributed by atoms with Crippen molar-refractivity contribution in [3.63, 3.8) is 0 Å². The molecule has 0 bridgehead atoms. The van der Waals surface area contributed by atoms with Gasteiger partial charge in [0.15, 0.2) is 0 Å². The van der Waals surface area contributed by atoms with Crippen molar-refractivity contribution in [2.75, 3.05) is 0 Å². The first kappa shape index (κ1) is 7.14. The van der Waals surface area contributed by atoms with Gasteiger partial charge in [0.25, 0.3) is 0 Å². The number of nitrogens with one attached hydrogen (secondary N) is 1. The molecule has 0 fully saturated rings. The van der Waals surface area contributed by atoms with Gasteiger partial charge in [0.1, 0.15) is 5.41 Å². The molecule has 0 aliphatic rings. The summed E-state index contributed by atoms with van der Waals surface area (Å²) in [6.45, 7) is 2.82. The number of carbonyl (C=O) groups excluding carboxylic acids is 1. The van der Waals surface area contributed by atoms with E-state index in [0.29, 0.717) is 0 Å². The summed E-state index contributed by atoms with van der Waals surface area (Å²) < 4.78 is 0. The largest absolute Gasteiger partial charge is 0.366 e. The van der Waals surface area contributed by atoms with E-state index in [2.05, 4.69) is 0 Å². The first-order chi connectivity index (χ1) is 3.50. The summed E-state index contributed by atoms with van der Waals surface area (Å²) in [6.07, 6.45) is 0.850. The van der Waals surface area contributed by atoms with Gasteiger partial charge in [-0.3, -0.25) is 0 Å². The van der Waals surface area contributed by atoms with Crippen molar-refractivity contribution < 1.29 is 9.90 Å². The van der Waals surface area contributed by atoms with E-state index in [1.165, 1.54) is 13.8 Å². The SMILES string of the molecule is CC(C)(C=N)C([O])=O. The fourth-order valence-corrected chi connectivity index (χ4v) is 0.0589. The summed E-state index contributed by atoms with van der Waals surface area (Å²) in [5.41, 5.74) is -1.11. The van der Waals surface area contributed by atoms with Crippen molar-refractivity contribution in [1.29, 1.82) is 5.41 Å². The van der Waals surface area contributed by atoms with E-state index in [9.17, 15) is 9.90 Å². The predicted molar refractivity (Wildman–Crippen MR) is 28.3 cm³/mol. The van der Waals surface area contributed by atoms with Gasteiger partial charge in [0.2, 0.25) is 0 Å². The van der Waals surface area contributed by atoms with Gasteiger partial charge in [-0.25, -0.2) is 9.90 Å². The summed E-state index contributed by atoms with van der Waals surface area (Å²) >= 11 is 0. The molecule has 0 amide bonds. The molecule has 0 spiro atoms. The molecule has 1 N–H and O–H groups in total. The summed E-state index contributed by atoms with van der Waals surface area (Å²) in [7, 11) is 0. The highest BCUT2D eigenvalue weighted by Gasteiger charge is 2.25. The Morgan fingerprint density at radius 3 is 2.00 bits per heavy atom. The Labute approximate surface area is 47.8 Å². The second-order valence-electron chi connectivity index (χ2n) is 2.15. The maximum Gasteiger partial charge on any atom is 0.366 e. The molecule has 45 valence electrons. The molecule has 3 heteroatoms. The smallest absolute Gasteiger partial charge is 0.312 e. The van der Waals surface area contributed by atoms with E-state index in [1.54, 1.807) is 0 Å². The highest BCUT2D eigenvalue weighted by Crippen LogP contribution is 2.09. The van der Waals surface area contributed by atoms with Gasteiger partial charge in [0.05, 0.1) is 0 Å². The van der Waals surface area contributed by atoms with E-state index in [-0.39, 0.29) is 0 Å². The summed E-state index contributed by atoms with van der Waals surface area (Å²) in [5, 5.41) is 16.6. The maximum absolute atomic E-state index is 9.99. The van der Waals surface area contributed by atoms with Crippen molar-refractivity contribution in [3.8, 4) is 0 Å². The molecular weight excluding hydrogens is 106 g/mol. The third-order valence-corrected chi connectivity index (χ3v) is 0.887. The lowest BCUT2D eigenvalue weighted by molar-refractivity contribution is -0.149. The summed E-state index contributed by atoms with van der Waals surface area (Å²) in [4.78, 5) is 9.99. The number of carbonyl (C=O) groups is 1. The lowest BCUT2D eigenvalue weighted by atomic mass is 9.96. The first-order valence-electron chi connectivity index (χ1n) is 2.24. The minimum atomic E-state index is -1.22. The van der Waals surface area contributed by atoms with Crippen molar-refractivity contribution in [2.45, 2.75) is 13.8 Å². The number of hydrogen-bond donors (Lipinski definition) is 1. The normalized spacial score (nSPS) is 10.8. The van der Waals surface area contributed by atoms with Crippen LogP contribution in [0.25, 0.3) is 0 Å². The molecule has 8 heavy (non-hydrogen) atoms. The van der Waals surface area contributed by atoms with E-state index in [1.807, 2.05) is 0 Å². The molecule has 0 saturated carbocycles. The zero-order chi connectivity index (χ0) is 6.78. The lowest BCUT2D eigenvalue weighted by Crippen LogP contribution is -2.23. The van der Waals surface area contributed by atoms with E-state index >= 15 is 0 Å². The average molecular weight is 114 g/mol. The van der Waals surface area contributed by atoms with Crippen LogP contribution in [0.2, 0.25) is 0 Å². The Balaban J connectivity index is 4.12. The van der Waals surface area contributed by atoms with Gasteiger partial charge in [-0.05, 0) is 13.8 Å². The molecule has 0 aromatic carbocycles. The average Bonchev–Trinajstić information content (AvgIpc) is 1.67. The van der Waals surface area contributed by atoms with Gasteiger partial charge < -0.3 is 5.41 Å². The van der Waals surface area contributed by atoms with Crippen LogP contribution in [0.3, 0.4) is 0 Å². The van der Waals surface area contributed by atoms with E-state index < -0.39 is 11.4 Å². The second-order valence-corrected chi connectivity index (χ2v) is 2.15. The van der Waals surface area contributed by atoms with Crippen LogP contribution in [-0.2, 0) is 9.90 Å². The van der Waals surface area contributed by atoms with Crippen LogP contribution >= 0.6 is 0 Å². The maximum atomic E-state index is 9.99. The predicted octanol–water partition coefficient (Wildman–Crippen LogP) is 0.619. The van der Waals surface area contributed by atoms with Crippen LogP contribution in [0, 0.1) is 10.8 Å². The second kappa shape index (κ2) is 1.94. The molecule has 0 aliphatic carbocycles. The molecule has 0 aromatic rings. The van der Waals surface area contributed by atoms with Gasteiger partial charge in [0, 0.05) is 6.21 Å². The van der Waals surface area contributed by atoms with Crippen LogP contribution in [-0.4, -0.2) is 12.2 Å². The summed E-state index contributed by atoms with van der Waals surface area (Å²) in [6, 6.07) is 0. The Morgan fingerprint density at radius 1 is 1.62 bits per heavy atom. The summed E-state index contributed by atoms with van der Waals surface area (Å²) in [5.74, 6) is -1.22. The Bertz CT molecular complexity index is 118. The standard InChI is InChI=1S/C5H8NO2/c1-5(2,3-6)4(7)8/h3,6H,1-2H3. The Morgan fingerprint density at radius 2 is 2.00 bits per heavy atom. The molecule has 0 atom stereocenters. The fraction of sp³-hybridized carbons (Fsp3) is 0.600. The van der Waals surface area contributed by atoms with E-state index in [4.69, 9.17) is 5.41 Å². The zero-order valence-electron chi connectivity index (χ0n) is 4.89. The third kappa shape index (κ3) is 1.33. The van der Waals surface area contributed by atoms with E-state index in [0.717, 1.165) is 6.21 Å². The Kier molecular flexibility index (Phi) is 1.73. The van der Waals surface area contributed by atoms with Crippen LogP contribution < -0.4 is 0 Å². The molecule has 0 aliphatic heterocycles.